The number of nitrogens with zero attached hydrogens (tertiary/aromatic N) is 1. The summed E-state index contributed by atoms with van der Waals surface area (Å²) < 4.78 is 0. The van der Waals surface area contributed by atoms with E-state index in [0.717, 1.165) is 19.0 Å². The maximum absolute atomic E-state index is 3.53. The molecular formula is C19H34N2. The van der Waals surface area contributed by atoms with Crippen LogP contribution < -0.4 is 5.32 Å². The number of benzene rings is 1. The highest BCUT2D eigenvalue weighted by atomic mass is 15.1. The molecule has 2 nitrogen and oxygen atoms in total. The van der Waals surface area contributed by atoms with Crippen molar-refractivity contribution in [3.05, 3.63) is 35.4 Å². The van der Waals surface area contributed by atoms with Crippen LogP contribution in [-0.4, -0.2) is 23.5 Å². The minimum Gasteiger partial charge on any atom is -0.308 e. The van der Waals surface area contributed by atoms with Gasteiger partial charge in [-0.3, -0.25) is 4.90 Å². The van der Waals surface area contributed by atoms with Gasteiger partial charge in [-0.05, 0) is 58.2 Å². The zero-order valence-corrected chi connectivity index (χ0v) is 15.0. The smallest absolute Gasteiger partial charge is 0.0233 e. The lowest BCUT2D eigenvalue weighted by Gasteiger charge is -2.26. The Kier molecular flexibility index (Phi) is 6.89. The first-order valence-corrected chi connectivity index (χ1v) is 8.20. The third-order valence-corrected chi connectivity index (χ3v) is 3.84. The minimum absolute atomic E-state index is 0.172. The zero-order chi connectivity index (χ0) is 16.0. The minimum atomic E-state index is 0.172. The Morgan fingerprint density at radius 3 is 2.00 bits per heavy atom. The van der Waals surface area contributed by atoms with Crippen molar-refractivity contribution in [1.82, 2.24) is 10.2 Å². The first-order valence-electron chi connectivity index (χ1n) is 8.20. The summed E-state index contributed by atoms with van der Waals surface area (Å²) in [6, 6.07) is 9.65. The van der Waals surface area contributed by atoms with E-state index < -0.39 is 0 Å². The van der Waals surface area contributed by atoms with Crippen LogP contribution in [0.1, 0.15) is 59.1 Å². The summed E-state index contributed by atoms with van der Waals surface area (Å²) in [6.07, 6.45) is 1.25. The van der Waals surface area contributed by atoms with Gasteiger partial charge in [0.05, 0.1) is 0 Å². The molecule has 0 heterocycles. The molecule has 0 saturated heterocycles. The van der Waals surface area contributed by atoms with Crippen molar-refractivity contribution in [3.63, 3.8) is 0 Å². The second kappa shape index (κ2) is 7.95. The number of nitrogens with one attached hydrogen (secondary N) is 1. The summed E-state index contributed by atoms with van der Waals surface area (Å²) in [5.74, 6) is 0.758. The van der Waals surface area contributed by atoms with Crippen molar-refractivity contribution in [2.24, 2.45) is 5.92 Å². The quantitative estimate of drug-likeness (QED) is 0.798. The van der Waals surface area contributed by atoms with Crippen LogP contribution in [0.15, 0.2) is 24.3 Å². The maximum atomic E-state index is 3.53. The van der Waals surface area contributed by atoms with E-state index in [9.17, 15) is 0 Å². The third kappa shape index (κ3) is 7.63. The Labute approximate surface area is 131 Å². The lowest BCUT2D eigenvalue weighted by atomic mass is 10.0. The number of rotatable bonds is 7. The van der Waals surface area contributed by atoms with Crippen molar-refractivity contribution >= 4 is 0 Å². The second-order valence-electron chi connectivity index (χ2n) is 7.81. The van der Waals surface area contributed by atoms with E-state index in [0.29, 0.717) is 6.04 Å². The van der Waals surface area contributed by atoms with Gasteiger partial charge in [-0.15, -0.1) is 0 Å². The number of hydrogen-bond acceptors (Lipinski definition) is 2. The van der Waals surface area contributed by atoms with Gasteiger partial charge in [0.25, 0.3) is 0 Å². The van der Waals surface area contributed by atoms with Crippen LogP contribution in [0, 0.1) is 5.92 Å². The molecule has 0 spiro atoms. The average Bonchev–Trinajstić information content (AvgIpc) is 2.36. The Hall–Kier alpha value is -0.860. The van der Waals surface area contributed by atoms with Crippen molar-refractivity contribution in [1.29, 1.82) is 0 Å². The highest BCUT2D eigenvalue weighted by Gasteiger charge is 2.12. The lowest BCUT2D eigenvalue weighted by molar-refractivity contribution is 0.220. The van der Waals surface area contributed by atoms with Gasteiger partial charge >= 0.3 is 0 Å². The molecule has 0 saturated carbocycles. The van der Waals surface area contributed by atoms with E-state index in [2.05, 4.69) is 83.1 Å². The summed E-state index contributed by atoms with van der Waals surface area (Å²) in [7, 11) is 2.22. The van der Waals surface area contributed by atoms with Crippen molar-refractivity contribution in [2.45, 2.75) is 72.6 Å². The first kappa shape index (κ1) is 18.2. The molecule has 1 unspecified atom stereocenters. The van der Waals surface area contributed by atoms with Crippen molar-refractivity contribution in [3.8, 4) is 0 Å². The summed E-state index contributed by atoms with van der Waals surface area (Å²) in [5, 5.41) is 3.53. The van der Waals surface area contributed by atoms with E-state index in [-0.39, 0.29) is 5.54 Å². The van der Waals surface area contributed by atoms with Crippen LogP contribution in [0.4, 0.5) is 0 Å². The largest absolute Gasteiger partial charge is 0.308 e. The fourth-order valence-corrected chi connectivity index (χ4v) is 2.44. The fourth-order valence-electron chi connectivity index (χ4n) is 2.44. The van der Waals surface area contributed by atoms with Crippen molar-refractivity contribution < 1.29 is 0 Å². The van der Waals surface area contributed by atoms with E-state index in [1.807, 2.05) is 0 Å². The topological polar surface area (TPSA) is 15.3 Å². The molecule has 1 rings (SSSR count). The molecule has 0 radical (unpaired) electrons. The van der Waals surface area contributed by atoms with Crippen molar-refractivity contribution in [2.75, 3.05) is 7.05 Å². The summed E-state index contributed by atoms with van der Waals surface area (Å²) in [4.78, 5) is 2.45. The summed E-state index contributed by atoms with van der Waals surface area (Å²) >= 11 is 0. The molecular weight excluding hydrogens is 256 g/mol. The van der Waals surface area contributed by atoms with Crippen LogP contribution in [-0.2, 0) is 13.1 Å². The SMILES string of the molecule is CC(C)CC(C)N(C)Cc1ccc(CNC(C)(C)C)cc1. The molecule has 0 aliphatic carbocycles. The van der Waals surface area contributed by atoms with Gasteiger partial charge in [-0.25, -0.2) is 0 Å². The van der Waals surface area contributed by atoms with Gasteiger partial charge in [0.1, 0.15) is 0 Å². The molecule has 120 valence electrons. The first-order chi connectivity index (χ1) is 9.67. The molecule has 0 aliphatic heterocycles. The molecule has 2 heteroatoms. The normalized spacial score (nSPS) is 14.0. The van der Waals surface area contributed by atoms with Gasteiger partial charge < -0.3 is 5.32 Å². The Bertz CT molecular complexity index is 401. The van der Waals surface area contributed by atoms with Gasteiger partial charge in [0.2, 0.25) is 0 Å². The molecule has 0 aromatic heterocycles. The van der Waals surface area contributed by atoms with E-state index in [1.54, 1.807) is 0 Å². The highest BCUT2D eigenvalue weighted by Crippen LogP contribution is 2.14. The Morgan fingerprint density at radius 1 is 1.00 bits per heavy atom. The molecule has 21 heavy (non-hydrogen) atoms. The molecule has 1 aromatic rings. The predicted molar refractivity (Wildman–Crippen MR) is 93.4 cm³/mol. The van der Waals surface area contributed by atoms with Crippen LogP contribution in [0.5, 0.6) is 0 Å². The Balaban J connectivity index is 2.50. The highest BCUT2D eigenvalue weighted by molar-refractivity contribution is 5.22. The summed E-state index contributed by atoms with van der Waals surface area (Å²) in [5.41, 5.74) is 2.92. The van der Waals surface area contributed by atoms with Crippen LogP contribution in [0.25, 0.3) is 0 Å². The van der Waals surface area contributed by atoms with E-state index in [4.69, 9.17) is 0 Å². The molecule has 1 aromatic carbocycles. The predicted octanol–water partition coefficient (Wildman–Crippen LogP) is 4.44. The van der Waals surface area contributed by atoms with Gasteiger partial charge in [0, 0.05) is 24.7 Å². The van der Waals surface area contributed by atoms with Crippen LogP contribution in [0.2, 0.25) is 0 Å². The average molecular weight is 290 g/mol. The van der Waals surface area contributed by atoms with Gasteiger partial charge in [-0.1, -0.05) is 38.1 Å². The third-order valence-electron chi connectivity index (χ3n) is 3.84. The van der Waals surface area contributed by atoms with Gasteiger partial charge in [0.15, 0.2) is 0 Å². The van der Waals surface area contributed by atoms with Crippen LogP contribution in [0.3, 0.4) is 0 Å². The molecule has 0 bridgehead atoms. The molecule has 1 N–H and O–H groups in total. The van der Waals surface area contributed by atoms with E-state index in [1.165, 1.54) is 17.5 Å². The fraction of sp³-hybridized carbons (Fsp3) is 0.684. The summed E-state index contributed by atoms with van der Waals surface area (Å²) in [6.45, 7) is 15.5. The molecule has 0 amide bonds. The molecule has 1 atom stereocenters. The Morgan fingerprint density at radius 2 is 1.52 bits per heavy atom. The standard InChI is InChI=1S/C19H34N2/c1-15(2)12-16(3)21(7)14-18-10-8-17(9-11-18)13-20-19(4,5)6/h8-11,15-16,20H,12-14H2,1-7H3. The maximum Gasteiger partial charge on any atom is 0.0233 e. The monoisotopic (exact) mass is 290 g/mol. The zero-order valence-electron chi connectivity index (χ0n) is 15.0. The lowest BCUT2D eigenvalue weighted by Crippen LogP contribution is -2.35. The van der Waals surface area contributed by atoms with E-state index >= 15 is 0 Å². The van der Waals surface area contributed by atoms with Gasteiger partial charge in [-0.2, -0.15) is 0 Å². The number of hydrogen-bond donors (Lipinski definition) is 1. The molecule has 0 fully saturated rings. The van der Waals surface area contributed by atoms with Crippen LogP contribution >= 0.6 is 0 Å². The second-order valence-corrected chi connectivity index (χ2v) is 7.81. The molecule has 0 aliphatic rings.